The first-order chi connectivity index (χ1) is 16.0. The lowest BCUT2D eigenvalue weighted by atomic mass is 9.97. The minimum Gasteiger partial charge on any atom is -0.390 e. The molecule has 1 saturated heterocycles. The monoisotopic (exact) mass is 463 g/mol. The molecule has 33 heavy (non-hydrogen) atoms. The minimum absolute atomic E-state index is 0.0605. The van der Waals surface area contributed by atoms with Crippen LogP contribution in [0, 0.1) is 5.92 Å². The van der Waals surface area contributed by atoms with Crippen LogP contribution in [-0.2, 0) is 18.3 Å². The molecule has 2 aliphatic rings. The number of fused-ring (bicyclic) bond motifs is 2. The fourth-order valence-corrected chi connectivity index (χ4v) is 4.95. The van der Waals surface area contributed by atoms with Crippen LogP contribution in [0.25, 0.3) is 16.6 Å². The molecular formula is C23H22ClN7O2. The molecule has 1 amide bonds. The highest BCUT2D eigenvalue weighted by Gasteiger charge is 2.38. The van der Waals surface area contributed by atoms with Gasteiger partial charge >= 0.3 is 0 Å². The molecule has 4 heterocycles. The number of carbonyl (C=O) groups excluding carboxylic acids is 1. The summed E-state index contributed by atoms with van der Waals surface area (Å²) in [6.45, 7) is 1.12. The van der Waals surface area contributed by atoms with Gasteiger partial charge in [-0.05, 0) is 29.3 Å². The summed E-state index contributed by atoms with van der Waals surface area (Å²) in [5, 5.41) is 22.7. The van der Waals surface area contributed by atoms with Gasteiger partial charge in [-0.2, -0.15) is 10.2 Å². The second kappa shape index (κ2) is 7.57. The maximum Gasteiger partial charge on any atom is 0.227 e. The summed E-state index contributed by atoms with van der Waals surface area (Å²) in [4.78, 5) is 19.5. The van der Waals surface area contributed by atoms with E-state index in [1.165, 1.54) is 6.33 Å². The van der Waals surface area contributed by atoms with Crippen LogP contribution in [0.1, 0.15) is 17.2 Å². The Hall–Kier alpha value is -3.43. The number of hydrogen-bond donors (Lipinski definition) is 2. The number of aromatic nitrogens is 5. The van der Waals surface area contributed by atoms with Crippen molar-refractivity contribution in [2.45, 2.75) is 18.6 Å². The zero-order valence-electron chi connectivity index (χ0n) is 17.9. The molecule has 2 atom stereocenters. The Morgan fingerprint density at radius 3 is 2.82 bits per heavy atom. The summed E-state index contributed by atoms with van der Waals surface area (Å²) in [5.74, 6) is 0.566. The van der Waals surface area contributed by atoms with Crippen molar-refractivity contribution in [3.05, 3.63) is 65.3 Å². The number of aliphatic hydroxyl groups excluding tert-OH is 1. The van der Waals surface area contributed by atoms with E-state index in [4.69, 9.17) is 11.6 Å². The molecule has 1 aliphatic heterocycles. The van der Waals surface area contributed by atoms with Crippen molar-refractivity contribution in [1.82, 2.24) is 29.7 Å². The van der Waals surface area contributed by atoms with Crippen molar-refractivity contribution >= 4 is 28.8 Å². The normalized spacial score (nSPS) is 20.2. The number of anilines is 1. The van der Waals surface area contributed by atoms with Crippen molar-refractivity contribution in [3.8, 4) is 11.1 Å². The molecule has 0 spiro atoms. The third kappa shape index (κ3) is 3.44. The van der Waals surface area contributed by atoms with E-state index in [1.54, 1.807) is 15.3 Å². The van der Waals surface area contributed by atoms with Gasteiger partial charge in [0.1, 0.15) is 11.8 Å². The average molecular weight is 464 g/mol. The first-order valence-corrected chi connectivity index (χ1v) is 11.2. The van der Waals surface area contributed by atoms with Crippen LogP contribution in [0.15, 0.2) is 49.2 Å². The molecule has 4 aromatic rings. The van der Waals surface area contributed by atoms with E-state index in [-0.39, 0.29) is 11.8 Å². The third-order valence-corrected chi connectivity index (χ3v) is 6.76. The van der Waals surface area contributed by atoms with Crippen LogP contribution in [0.2, 0.25) is 5.02 Å². The number of rotatable bonds is 4. The Balaban J connectivity index is 1.16. The quantitative estimate of drug-likeness (QED) is 0.480. The molecule has 1 fully saturated rings. The van der Waals surface area contributed by atoms with E-state index in [0.717, 1.165) is 33.6 Å². The zero-order valence-corrected chi connectivity index (χ0v) is 18.6. The van der Waals surface area contributed by atoms with E-state index in [2.05, 4.69) is 25.4 Å². The number of hydrogen-bond acceptors (Lipinski definition) is 6. The van der Waals surface area contributed by atoms with E-state index in [9.17, 15) is 9.90 Å². The van der Waals surface area contributed by atoms with Gasteiger partial charge in [-0.25, -0.2) is 9.50 Å². The van der Waals surface area contributed by atoms with Gasteiger partial charge in [0.25, 0.3) is 0 Å². The van der Waals surface area contributed by atoms with Gasteiger partial charge in [-0.15, -0.1) is 0 Å². The Morgan fingerprint density at radius 2 is 2.03 bits per heavy atom. The number of nitrogens with one attached hydrogen (secondary N) is 1. The summed E-state index contributed by atoms with van der Waals surface area (Å²) in [6, 6.07) is 7.17. The number of benzene rings is 1. The van der Waals surface area contributed by atoms with Gasteiger partial charge in [-0.1, -0.05) is 17.7 Å². The molecular weight excluding hydrogens is 442 g/mol. The first-order valence-electron chi connectivity index (χ1n) is 10.8. The van der Waals surface area contributed by atoms with Gasteiger partial charge in [0.2, 0.25) is 5.91 Å². The van der Waals surface area contributed by atoms with Crippen LogP contribution < -0.4 is 10.2 Å². The van der Waals surface area contributed by atoms with Crippen LogP contribution in [-0.4, -0.2) is 54.6 Å². The van der Waals surface area contributed by atoms with Crippen molar-refractivity contribution in [3.63, 3.8) is 0 Å². The molecule has 0 radical (unpaired) electrons. The number of aliphatic hydroxyl groups is 1. The molecule has 1 aromatic carbocycles. The Kier molecular flexibility index (Phi) is 4.63. The molecule has 2 N–H and O–H groups in total. The highest BCUT2D eigenvalue weighted by molar-refractivity contribution is 6.30. The van der Waals surface area contributed by atoms with Crippen molar-refractivity contribution in [2.24, 2.45) is 13.0 Å². The number of amides is 1. The SMILES string of the molecule is Cn1cc(-c2cc3c(N4CC(C(=O)N[C@@H]5c6ccc(Cl)cc6C[C@@H]5O)C4)ncnn3c2)cn1. The smallest absolute Gasteiger partial charge is 0.227 e. The molecule has 0 bridgehead atoms. The van der Waals surface area contributed by atoms with Gasteiger partial charge < -0.3 is 15.3 Å². The van der Waals surface area contributed by atoms with Crippen molar-refractivity contribution < 1.29 is 9.90 Å². The van der Waals surface area contributed by atoms with E-state index in [0.29, 0.717) is 24.5 Å². The second-order valence-corrected chi connectivity index (χ2v) is 9.18. The van der Waals surface area contributed by atoms with E-state index < -0.39 is 12.1 Å². The van der Waals surface area contributed by atoms with Crippen LogP contribution in [0.3, 0.4) is 0 Å². The molecule has 9 nitrogen and oxygen atoms in total. The van der Waals surface area contributed by atoms with Gasteiger partial charge in [0.15, 0.2) is 5.82 Å². The molecule has 168 valence electrons. The summed E-state index contributed by atoms with van der Waals surface area (Å²) in [7, 11) is 1.88. The van der Waals surface area contributed by atoms with Gasteiger partial charge in [0.05, 0.1) is 24.3 Å². The lowest BCUT2D eigenvalue weighted by molar-refractivity contribution is -0.127. The summed E-state index contributed by atoms with van der Waals surface area (Å²) in [5.41, 5.74) is 4.81. The molecule has 6 rings (SSSR count). The topological polar surface area (TPSA) is 101 Å². The van der Waals surface area contributed by atoms with Crippen molar-refractivity contribution in [2.75, 3.05) is 18.0 Å². The Labute approximate surface area is 194 Å². The molecule has 10 heteroatoms. The maximum absolute atomic E-state index is 12.9. The highest BCUT2D eigenvalue weighted by atomic mass is 35.5. The number of halogens is 1. The summed E-state index contributed by atoms with van der Waals surface area (Å²) < 4.78 is 3.56. The number of nitrogens with zero attached hydrogens (tertiary/aromatic N) is 6. The number of carbonyl (C=O) groups is 1. The van der Waals surface area contributed by atoms with Crippen LogP contribution in [0.5, 0.6) is 0 Å². The van der Waals surface area contributed by atoms with Crippen LogP contribution >= 0.6 is 11.6 Å². The van der Waals surface area contributed by atoms with E-state index >= 15 is 0 Å². The third-order valence-electron chi connectivity index (χ3n) is 6.53. The standard InChI is InChI=1S/C23H22ClN7O2/c1-29-8-15(7-26-29)14-5-19-22(25-12-27-31(19)11-14)30-9-16(10-30)23(33)28-21-18-3-2-17(24)4-13(18)6-20(21)32/h2-5,7-8,11-12,16,20-21,32H,6,9-10H2,1H3,(H,28,33)/t20-,21+/m0/s1. The zero-order chi connectivity index (χ0) is 22.7. The largest absolute Gasteiger partial charge is 0.390 e. The van der Waals surface area contributed by atoms with Gasteiger partial charge in [-0.3, -0.25) is 9.48 Å². The Bertz CT molecular complexity index is 1370. The molecule has 3 aromatic heterocycles. The maximum atomic E-state index is 12.9. The fraction of sp³-hybridized carbons (Fsp3) is 0.304. The average Bonchev–Trinajstić information content (AvgIpc) is 3.44. The predicted molar refractivity (Wildman–Crippen MR) is 123 cm³/mol. The molecule has 1 aliphatic carbocycles. The second-order valence-electron chi connectivity index (χ2n) is 8.75. The van der Waals surface area contributed by atoms with Gasteiger partial charge in [0, 0.05) is 55.1 Å². The number of aryl methyl sites for hydroxylation is 1. The lowest BCUT2D eigenvalue weighted by Gasteiger charge is -2.39. The first kappa shape index (κ1) is 20.2. The lowest BCUT2D eigenvalue weighted by Crippen LogP contribution is -2.55. The molecule has 0 unspecified atom stereocenters. The van der Waals surface area contributed by atoms with Crippen LogP contribution in [0.4, 0.5) is 5.82 Å². The Morgan fingerprint density at radius 1 is 1.18 bits per heavy atom. The predicted octanol–water partition coefficient (Wildman–Crippen LogP) is 1.99. The van der Waals surface area contributed by atoms with Crippen molar-refractivity contribution in [1.29, 1.82) is 0 Å². The fourth-order valence-electron chi connectivity index (χ4n) is 4.76. The van der Waals surface area contributed by atoms with E-state index in [1.807, 2.05) is 43.8 Å². The highest BCUT2D eigenvalue weighted by Crippen LogP contribution is 2.35. The summed E-state index contributed by atoms with van der Waals surface area (Å²) >= 11 is 6.07. The summed E-state index contributed by atoms with van der Waals surface area (Å²) in [6.07, 6.45) is 7.09. The minimum atomic E-state index is -0.647. The molecule has 0 saturated carbocycles.